The lowest BCUT2D eigenvalue weighted by Crippen LogP contribution is -2.18. The van der Waals surface area contributed by atoms with Gasteiger partial charge in [-0.05, 0) is 25.0 Å². The summed E-state index contributed by atoms with van der Waals surface area (Å²) >= 11 is 0. The van der Waals surface area contributed by atoms with Gasteiger partial charge in [0, 0.05) is 11.1 Å². The lowest BCUT2D eigenvalue weighted by Gasteiger charge is -2.09. The van der Waals surface area contributed by atoms with Crippen LogP contribution >= 0.6 is 0 Å². The molecule has 0 aliphatic carbocycles. The van der Waals surface area contributed by atoms with E-state index < -0.39 is 5.63 Å². The smallest absolute Gasteiger partial charge is 0.347 e. The fourth-order valence-corrected chi connectivity index (χ4v) is 2.84. The van der Waals surface area contributed by atoms with E-state index in [0.29, 0.717) is 17.7 Å². The number of carbonyl (C=O) groups is 1. The summed E-state index contributed by atoms with van der Waals surface area (Å²) < 4.78 is 5.47. The van der Waals surface area contributed by atoms with Gasteiger partial charge in [0.05, 0.1) is 0 Å². The molecule has 126 valence electrons. The molecule has 3 heteroatoms. The summed E-state index contributed by atoms with van der Waals surface area (Å²) in [6.07, 6.45) is 1.49. The Labute approximate surface area is 146 Å². The number of carbonyl (C=O) groups excluding carboxylic acids is 1. The first-order valence-corrected chi connectivity index (χ1v) is 8.44. The van der Waals surface area contributed by atoms with E-state index in [1.165, 1.54) is 0 Å². The molecule has 0 saturated carbocycles. The third-order valence-electron chi connectivity index (χ3n) is 4.15. The Bertz CT molecular complexity index is 935. The zero-order chi connectivity index (χ0) is 17.8. The Morgan fingerprint density at radius 3 is 2.32 bits per heavy atom. The molecule has 3 rings (SSSR count). The maximum Gasteiger partial charge on any atom is 0.347 e. The molecule has 0 unspecified atom stereocenters. The number of hydrogen-bond donors (Lipinski definition) is 0. The van der Waals surface area contributed by atoms with Crippen molar-refractivity contribution in [3.05, 3.63) is 93.3 Å². The molecule has 0 amide bonds. The highest BCUT2D eigenvalue weighted by molar-refractivity contribution is 6.09. The van der Waals surface area contributed by atoms with Crippen molar-refractivity contribution in [3.8, 4) is 11.3 Å². The van der Waals surface area contributed by atoms with Crippen molar-refractivity contribution < 1.29 is 9.21 Å². The SMILES string of the molecule is CCCc1cc(-c2ccccc2)oc(=O)c1C(=O)c1ccc(C)cc1. The van der Waals surface area contributed by atoms with E-state index in [0.717, 1.165) is 23.1 Å². The molecule has 0 aliphatic heterocycles. The van der Waals surface area contributed by atoms with E-state index in [1.54, 1.807) is 12.1 Å². The van der Waals surface area contributed by atoms with Crippen LogP contribution in [0.3, 0.4) is 0 Å². The molecule has 1 heterocycles. The van der Waals surface area contributed by atoms with Crippen LogP contribution in [-0.4, -0.2) is 5.78 Å². The number of aryl methyl sites for hydroxylation is 2. The molecule has 0 fully saturated rings. The highest BCUT2D eigenvalue weighted by atomic mass is 16.4. The number of rotatable bonds is 5. The lowest BCUT2D eigenvalue weighted by molar-refractivity contribution is 0.103. The van der Waals surface area contributed by atoms with Crippen LogP contribution < -0.4 is 5.63 Å². The minimum absolute atomic E-state index is 0.144. The normalized spacial score (nSPS) is 10.6. The second-order valence-electron chi connectivity index (χ2n) is 6.11. The monoisotopic (exact) mass is 332 g/mol. The van der Waals surface area contributed by atoms with Gasteiger partial charge in [0.1, 0.15) is 11.3 Å². The topological polar surface area (TPSA) is 47.3 Å². The van der Waals surface area contributed by atoms with Crippen molar-refractivity contribution >= 4 is 5.78 Å². The molecule has 0 N–H and O–H groups in total. The van der Waals surface area contributed by atoms with Gasteiger partial charge >= 0.3 is 5.63 Å². The van der Waals surface area contributed by atoms with Crippen molar-refractivity contribution in [1.82, 2.24) is 0 Å². The summed E-state index contributed by atoms with van der Waals surface area (Å²) in [6.45, 7) is 3.98. The molecule has 3 nitrogen and oxygen atoms in total. The molecular formula is C22H20O3. The summed E-state index contributed by atoms with van der Waals surface area (Å²) in [5, 5.41) is 0. The Kier molecular flexibility index (Phi) is 4.94. The predicted octanol–water partition coefficient (Wildman–Crippen LogP) is 4.80. The van der Waals surface area contributed by atoms with Crippen LogP contribution in [0.25, 0.3) is 11.3 Å². The van der Waals surface area contributed by atoms with E-state index >= 15 is 0 Å². The quantitative estimate of drug-likeness (QED) is 0.631. The number of benzene rings is 2. The molecule has 0 spiro atoms. The summed E-state index contributed by atoms with van der Waals surface area (Å²) in [7, 11) is 0. The van der Waals surface area contributed by atoms with E-state index in [9.17, 15) is 9.59 Å². The second-order valence-corrected chi connectivity index (χ2v) is 6.11. The largest absolute Gasteiger partial charge is 0.422 e. The van der Waals surface area contributed by atoms with Gasteiger partial charge in [-0.15, -0.1) is 0 Å². The molecular weight excluding hydrogens is 312 g/mol. The maximum absolute atomic E-state index is 12.9. The van der Waals surface area contributed by atoms with Crippen LogP contribution in [0.15, 0.2) is 69.9 Å². The molecule has 0 radical (unpaired) electrons. The van der Waals surface area contributed by atoms with E-state index in [4.69, 9.17) is 4.42 Å². The lowest BCUT2D eigenvalue weighted by atomic mass is 9.96. The Balaban J connectivity index is 2.11. The molecule has 0 aliphatic rings. The molecule has 3 aromatic rings. The highest BCUT2D eigenvalue weighted by Gasteiger charge is 2.20. The minimum atomic E-state index is -0.574. The molecule has 1 aromatic heterocycles. The van der Waals surface area contributed by atoms with Crippen molar-refractivity contribution in [2.45, 2.75) is 26.7 Å². The van der Waals surface area contributed by atoms with Gasteiger partial charge < -0.3 is 4.42 Å². The Morgan fingerprint density at radius 1 is 1.00 bits per heavy atom. The van der Waals surface area contributed by atoms with Crippen LogP contribution in [0.5, 0.6) is 0 Å². The standard InChI is InChI=1S/C22H20O3/c1-3-7-18-14-19(16-8-5-4-6-9-16)25-22(24)20(18)21(23)17-12-10-15(2)11-13-17/h4-6,8-14H,3,7H2,1-2H3. The van der Waals surface area contributed by atoms with Crippen molar-refractivity contribution in [2.24, 2.45) is 0 Å². The molecule has 2 aromatic carbocycles. The Morgan fingerprint density at radius 2 is 1.68 bits per heavy atom. The molecule has 0 atom stereocenters. The van der Waals surface area contributed by atoms with Gasteiger partial charge in [0.25, 0.3) is 0 Å². The first-order chi connectivity index (χ1) is 12.1. The van der Waals surface area contributed by atoms with E-state index in [2.05, 4.69) is 0 Å². The fourth-order valence-electron chi connectivity index (χ4n) is 2.84. The van der Waals surface area contributed by atoms with Gasteiger partial charge in [-0.25, -0.2) is 4.79 Å². The van der Waals surface area contributed by atoms with Gasteiger partial charge in [0.15, 0.2) is 0 Å². The first kappa shape index (κ1) is 16.9. The maximum atomic E-state index is 12.9. The van der Waals surface area contributed by atoms with Crippen LogP contribution in [-0.2, 0) is 6.42 Å². The highest BCUT2D eigenvalue weighted by Crippen LogP contribution is 2.22. The van der Waals surface area contributed by atoms with E-state index in [1.807, 2.05) is 62.4 Å². The minimum Gasteiger partial charge on any atom is -0.422 e. The zero-order valence-corrected chi connectivity index (χ0v) is 14.4. The third-order valence-corrected chi connectivity index (χ3v) is 4.15. The van der Waals surface area contributed by atoms with E-state index in [-0.39, 0.29) is 11.3 Å². The zero-order valence-electron chi connectivity index (χ0n) is 14.4. The van der Waals surface area contributed by atoms with Gasteiger partial charge in [-0.2, -0.15) is 0 Å². The van der Waals surface area contributed by atoms with Gasteiger partial charge in [0.2, 0.25) is 5.78 Å². The summed E-state index contributed by atoms with van der Waals surface area (Å²) in [4.78, 5) is 25.5. The van der Waals surface area contributed by atoms with Crippen molar-refractivity contribution in [3.63, 3.8) is 0 Å². The number of hydrogen-bond acceptors (Lipinski definition) is 3. The first-order valence-electron chi connectivity index (χ1n) is 8.44. The summed E-state index contributed by atoms with van der Waals surface area (Å²) in [5.74, 6) is 0.214. The third kappa shape index (κ3) is 3.61. The van der Waals surface area contributed by atoms with Crippen molar-refractivity contribution in [2.75, 3.05) is 0 Å². The van der Waals surface area contributed by atoms with Crippen molar-refractivity contribution in [1.29, 1.82) is 0 Å². The average Bonchev–Trinajstić information content (AvgIpc) is 2.62. The Hall–Kier alpha value is -2.94. The predicted molar refractivity (Wildman–Crippen MR) is 99.0 cm³/mol. The summed E-state index contributed by atoms with van der Waals surface area (Å²) in [5.41, 5.74) is 2.70. The van der Waals surface area contributed by atoms with Crippen LogP contribution in [0.1, 0.15) is 40.4 Å². The van der Waals surface area contributed by atoms with Crippen LogP contribution in [0.4, 0.5) is 0 Å². The van der Waals surface area contributed by atoms with Gasteiger partial charge in [-0.1, -0.05) is 73.5 Å². The van der Waals surface area contributed by atoms with Crippen LogP contribution in [0, 0.1) is 6.92 Å². The molecule has 0 saturated heterocycles. The second kappa shape index (κ2) is 7.31. The fraction of sp³-hybridized carbons (Fsp3) is 0.182. The molecule has 25 heavy (non-hydrogen) atoms. The molecule has 0 bridgehead atoms. The average molecular weight is 332 g/mol. The van der Waals surface area contributed by atoms with Crippen LogP contribution in [0.2, 0.25) is 0 Å². The van der Waals surface area contributed by atoms with Gasteiger partial charge in [-0.3, -0.25) is 4.79 Å². The summed E-state index contributed by atoms with van der Waals surface area (Å²) in [6, 6.07) is 18.5. The number of ketones is 1.